The normalized spacial score (nSPS) is 15.7. The van der Waals surface area contributed by atoms with Gasteiger partial charge in [-0.15, -0.1) is 11.3 Å². The number of aryl methyl sites for hydroxylation is 1. The first-order chi connectivity index (χ1) is 16.2. The second kappa shape index (κ2) is 10.2. The van der Waals surface area contributed by atoms with Gasteiger partial charge in [-0.05, 0) is 48.6 Å². The van der Waals surface area contributed by atoms with Gasteiger partial charge in [0, 0.05) is 29.6 Å². The quantitative estimate of drug-likeness (QED) is 0.502. The molecule has 9 heteroatoms. The van der Waals surface area contributed by atoms with Crippen molar-refractivity contribution in [2.45, 2.75) is 56.4 Å². The Morgan fingerprint density at radius 1 is 1.18 bits per heavy atom. The lowest BCUT2D eigenvalue weighted by Crippen LogP contribution is -2.36. The van der Waals surface area contributed by atoms with Crippen LogP contribution in [0.1, 0.15) is 50.3 Å². The molecule has 34 heavy (non-hydrogen) atoms. The van der Waals surface area contributed by atoms with E-state index >= 15 is 0 Å². The Labute approximate surface area is 203 Å². The molecule has 0 bridgehead atoms. The Balaban J connectivity index is 1.71. The highest BCUT2D eigenvalue weighted by Gasteiger charge is 2.28. The molecule has 1 aliphatic rings. The highest BCUT2D eigenvalue weighted by atomic mass is 32.2. The summed E-state index contributed by atoms with van der Waals surface area (Å²) in [4.78, 5) is 31.0. The molecule has 1 N–H and O–H groups in total. The highest BCUT2D eigenvalue weighted by Crippen LogP contribution is 2.32. The molecule has 1 fully saturated rings. The fraction of sp³-hybridized carbons (Fsp3) is 0.400. The van der Waals surface area contributed by atoms with E-state index in [4.69, 9.17) is 0 Å². The van der Waals surface area contributed by atoms with E-state index in [1.54, 1.807) is 34.3 Å². The van der Waals surface area contributed by atoms with Crippen molar-refractivity contribution in [1.82, 2.24) is 9.55 Å². The van der Waals surface area contributed by atoms with Gasteiger partial charge < -0.3 is 9.88 Å². The maximum atomic E-state index is 13.4. The lowest BCUT2D eigenvalue weighted by Gasteiger charge is -2.28. The summed E-state index contributed by atoms with van der Waals surface area (Å²) in [7, 11) is -3.37. The molecule has 2 aromatic heterocycles. The third kappa shape index (κ3) is 5.64. The minimum absolute atomic E-state index is 0.199. The SMILES string of the molecule is Cc1cc(-c2cccc(S(C)(=O)=O)c2)cc(=O)n1[C@@H](CC1CCCCC1)C(=O)Nc1nccs1. The van der Waals surface area contributed by atoms with Crippen LogP contribution in [0.3, 0.4) is 0 Å². The van der Waals surface area contributed by atoms with Crippen LogP contribution in [0.5, 0.6) is 0 Å². The number of benzene rings is 1. The van der Waals surface area contributed by atoms with Crippen LogP contribution in [-0.4, -0.2) is 30.1 Å². The monoisotopic (exact) mass is 499 g/mol. The van der Waals surface area contributed by atoms with E-state index in [-0.39, 0.29) is 16.4 Å². The van der Waals surface area contributed by atoms with Gasteiger partial charge in [-0.1, -0.05) is 44.2 Å². The lowest BCUT2D eigenvalue weighted by atomic mass is 9.84. The number of pyridine rings is 1. The number of carbonyl (C=O) groups excluding carboxylic acids is 1. The van der Waals surface area contributed by atoms with Gasteiger partial charge in [0.05, 0.1) is 4.90 Å². The summed E-state index contributed by atoms with van der Waals surface area (Å²) in [5.74, 6) is 0.149. The number of rotatable bonds is 7. The van der Waals surface area contributed by atoms with Crippen LogP contribution in [0.25, 0.3) is 11.1 Å². The number of nitrogens with one attached hydrogen (secondary N) is 1. The number of nitrogens with zero attached hydrogens (tertiary/aromatic N) is 2. The Kier molecular flexibility index (Phi) is 7.33. The molecule has 4 rings (SSSR count). The number of amides is 1. The van der Waals surface area contributed by atoms with E-state index < -0.39 is 15.9 Å². The van der Waals surface area contributed by atoms with Crippen LogP contribution in [0.4, 0.5) is 5.13 Å². The van der Waals surface area contributed by atoms with Crippen LogP contribution in [-0.2, 0) is 14.6 Å². The van der Waals surface area contributed by atoms with Crippen LogP contribution < -0.4 is 10.9 Å². The zero-order valence-electron chi connectivity index (χ0n) is 19.4. The number of thiazole rings is 1. The summed E-state index contributed by atoms with van der Waals surface area (Å²) in [6.45, 7) is 1.82. The van der Waals surface area contributed by atoms with E-state index in [0.29, 0.717) is 34.3 Å². The number of aromatic nitrogens is 2. The molecule has 3 aromatic rings. The molecule has 0 spiro atoms. The van der Waals surface area contributed by atoms with E-state index in [2.05, 4.69) is 10.3 Å². The summed E-state index contributed by atoms with van der Waals surface area (Å²) in [5, 5.41) is 5.18. The van der Waals surface area contributed by atoms with Crippen LogP contribution >= 0.6 is 11.3 Å². The van der Waals surface area contributed by atoms with Crippen LogP contribution in [0.15, 0.2) is 57.7 Å². The Hall–Kier alpha value is -2.78. The molecule has 0 aliphatic heterocycles. The summed E-state index contributed by atoms with van der Waals surface area (Å²) in [6, 6.07) is 9.24. The lowest BCUT2D eigenvalue weighted by molar-refractivity contribution is -0.120. The highest BCUT2D eigenvalue weighted by molar-refractivity contribution is 7.90. The van der Waals surface area contributed by atoms with Gasteiger partial charge in [-0.3, -0.25) is 9.59 Å². The molecule has 180 valence electrons. The molecule has 0 unspecified atom stereocenters. The van der Waals surface area contributed by atoms with E-state index in [9.17, 15) is 18.0 Å². The first kappa shape index (κ1) is 24.3. The van der Waals surface area contributed by atoms with Gasteiger partial charge >= 0.3 is 0 Å². The molecule has 7 nitrogen and oxygen atoms in total. The Morgan fingerprint density at radius 3 is 2.59 bits per heavy atom. The molecule has 1 atom stereocenters. The first-order valence-electron chi connectivity index (χ1n) is 11.5. The molecule has 0 saturated heterocycles. The van der Waals surface area contributed by atoms with Gasteiger partial charge in [-0.25, -0.2) is 13.4 Å². The average Bonchev–Trinajstić information content (AvgIpc) is 3.31. The minimum atomic E-state index is -3.37. The average molecular weight is 500 g/mol. The van der Waals surface area contributed by atoms with Crippen molar-refractivity contribution in [3.05, 3.63) is 64.0 Å². The van der Waals surface area contributed by atoms with Gasteiger partial charge in [0.1, 0.15) is 6.04 Å². The number of hydrogen-bond donors (Lipinski definition) is 1. The molecule has 1 aliphatic carbocycles. The third-order valence-electron chi connectivity index (χ3n) is 6.41. The van der Waals surface area contributed by atoms with Crippen molar-refractivity contribution in [3.8, 4) is 11.1 Å². The van der Waals surface area contributed by atoms with Crippen molar-refractivity contribution in [2.75, 3.05) is 11.6 Å². The molecular weight excluding hydrogens is 470 g/mol. The number of sulfone groups is 1. The number of anilines is 1. The molecular formula is C25H29N3O4S2. The van der Waals surface area contributed by atoms with Crippen molar-refractivity contribution < 1.29 is 13.2 Å². The predicted octanol–water partition coefficient (Wildman–Crippen LogP) is 4.83. The van der Waals surface area contributed by atoms with Crippen molar-refractivity contribution in [2.24, 2.45) is 5.92 Å². The second-order valence-corrected chi connectivity index (χ2v) is 11.9. The van der Waals surface area contributed by atoms with Crippen molar-refractivity contribution in [1.29, 1.82) is 0 Å². The standard InChI is InChI=1S/C25H29N3O4S2/c1-17-13-20(19-9-6-10-21(15-19)34(2,31)32)16-23(29)28(17)22(14-18-7-4-3-5-8-18)24(30)27-25-26-11-12-33-25/h6,9-13,15-16,18,22H,3-5,7-8,14H2,1-2H3,(H,26,27,30)/t22-/m0/s1. The molecule has 1 amide bonds. The van der Waals surface area contributed by atoms with Crippen LogP contribution in [0.2, 0.25) is 0 Å². The fourth-order valence-corrected chi connectivity index (χ4v) is 5.93. The zero-order chi connectivity index (χ0) is 24.3. The Morgan fingerprint density at radius 2 is 1.94 bits per heavy atom. The van der Waals surface area contributed by atoms with Crippen molar-refractivity contribution >= 4 is 32.2 Å². The third-order valence-corrected chi connectivity index (χ3v) is 8.21. The Bertz CT molecular complexity index is 1320. The van der Waals surface area contributed by atoms with Gasteiger partial charge in [0.2, 0.25) is 5.91 Å². The first-order valence-corrected chi connectivity index (χ1v) is 14.2. The smallest absolute Gasteiger partial charge is 0.252 e. The summed E-state index contributed by atoms with van der Waals surface area (Å²) in [5.41, 5.74) is 1.64. The molecule has 1 saturated carbocycles. The zero-order valence-corrected chi connectivity index (χ0v) is 21.0. The fourth-order valence-electron chi connectivity index (χ4n) is 4.73. The molecule has 0 radical (unpaired) electrons. The minimum Gasteiger partial charge on any atom is -0.300 e. The van der Waals surface area contributed by atoms with E-state index in [0.717, 1.165) is 31.9 Å². The summed E-state index contributed by atoms with van der Waals surface area (Å²) >= 11 is 1.34. The van der Waals surface area contributed by atoms with E-state index in [1.807, 2.05) is 13.0 Å². The molecule has 2 heterocycles. The summed E-state index contributed by atoms with van der Waals surface area (Å²) < 4.78 is 25.5. The number of carbonyl (C=O) groups is 1. The van der Waals surface area contributed by atoms with E-state index in [1.165, 1.54) is 29.9 Å². The van der Waals surface area contributed by atoms with Gasteiger partial charge in [-0.2, -0.15) is 0 Å². The van der Waals surface area contributed by atoms with Crippen LogP contribution in [0, 0.1) is 12.8 Å². The number of hydrogen-bond acceptors (Lipinski definition) is 6. The van der Waals surface area contributed by atoms with Crippen molar-refractivity contribution in [3.63, 3.8) is 0 Å². The second-order valence-electron chi connectivity index (χ2n) is 8.98. The summed E-state index contributed by atoms with van der Waals surface area (Å²) in [6.07, 6.45) is 9.02. The molecule has 1 aromatic carbocycles. The predicted molar refractivity (Wildman–Crippen MR) is 135 cm³/mol. The topological polar surface area (TPSA) is 98.1 Å². The maximum Gasteiger partial charge on any atom is 0.252 e. The van der Waals surface area contributed by atoms with Gasteiger partial charge in [0.25, 0.3) is 5.56 Å². The largest absolute Gasteiger partial charge is 0.300 e. The van der Waals surface area contributed by atoms with Gasteiger partial charge in [0.15, 0.2) is 15.0 Å². The maximum absolute atomic E-state index is 13.4.